The van der Waals surface area contributed by atoms with Gasteiger partial charge in [0.15, 0.2) is 11.5 Å². The van der Waals surface area contributed by atoms with E-state index in [0.717, 1.165) is 11.3 Å². The molecule has 2 N–H and O–H groups in total. The van der Waals surface area contributed by atoms with Crippen molar-refractivity contribution in [2.75, 3.05) is 7.11 Å². The lowest BCUT2D eigenvalue weighted by Crippen LogP contribution is -2.01. The minimum Gasteiger partial charge on any atom is -0.499 e. The second-order valence-corrected chi connectivity index (χ2v) is 5.46. The first-order valence-electron chi connectivity index (χ1n) is 6.08. The molecule has 0 aliphatic heterocycles. The van der Waals surface area contributed by atoms with Gasteiger partial charge in [0.05, 0.1) is 28.7 Å². The van der Waals surface area contributed by atoms with E-state index in [1.54, 1.807) is 0 Å². The quantitative estimate of drug-likeness (QED) is 0.474. The van der Waals surface area contributed by atoms with Gasteiger partial charge in [0.1, 0.15) is 0 Å². The Morgan fingerprint density at radius 2 is 2.05 bits per heavy atom. The predicted octanol–water partition coefficient (Wildman–Crippen LogP) is 2.57. The molecule has 2 aromatic rings. The van der Waals surface area contributed by atoms with Crippen molar-refractivity contribution in [3.8, 4) is 11.5 Å². The number of carbonyl (C=O) groups excluding carboxylic acids is 1. The lowest BCUT2D eigenvalue weighted by molar-refractivity contribution is -0.384. The molecule has 8 nitrogen and oxygen atoms in total. The van der Waals surface area contributed by atoms with Gasteiger partial charge in [0.2, 0.25) is 5.75 Å². The van der Waals surface area contributed by atoms with Crippen molar-refractivity contribution in [2.45, 2.75) is 12.8 Å². The predicted molar refractivity (Wildman–Crippen MR) is 77.9 cm³/mol. The van der Waals surface area contributed by atoms with E-state index in [0.29, 0.717) is 4.70 Å². The van der Waals surface area contributed by atoms with Gasteiger partial charge in [-0.3, -0.25) is 19.7 Å². The van der Waals surface area contributed by atoms with Gasteiger partial charge < -0.3 is 14.9 Å². The smallest absolute Gasteiger partial charge is 0.323 e. The number of carboxylic acid groups (broad SMARTS) is 1. The molecule has 9 heteroatoms. The number of carboxylic acids is 1. The number of ether oxygens (including phenoxy) is 1. The Kier molecular flexibility index (Phi) is 4.27. The Bertz CT molecular complexity index is 780. The van der Waals surface area contributed by atoms with Gasteiger partial charge in [-0.2, -0.15) is 0 Å². The van der Waals surface area contributed by atoms with Crippen molar-refractivity contribution in [3.05, 3.63) is 27.1 Å². The molecule has 116 valence electrons. The molecule has 0 spiro atoms. The molecular weight excluding hydrogens is 314 g/mol. The molecule has 0 bridgehead atoms. The molecule has 0 saturated heterocycles. The number of hydrogen-bond donors (Lipinski definition) is 2. The van der Waals surface area contributed by atoms with Crippen molar-refractivity contribution in [2.24, 2.45) is 0 Å². The van der Waals surface area contributed by atoms with Crippen LogP contribution in [0.25, 0.3) is 10.1 Å². The van der Waals surface area contributed by atoms with Gasteiger partial charge in [0, 0.05) is 17.2 Å². The maximum atomic E-state index is 11.9. The van der Waals surface area contributed by atoms with E-state index in [1.165, 1.54) is 19.2 Å². The molecule has 0 saturated carbocycles. The number of carbonyl (C=O) groups is 2. The number of benzene rings is 1. The largest absolute Gasteiger partial charge is 0.499 e. The zero-order valence-corrected chi connectivity index (χ0v) is 12.2. The van der Waals surface area contributed by atoms with Gasteiger partial charge in [-0.15, -0.1) is 11.3 Å². The van der Waals surface area contributed by atoms with Crippen LogP contribution in [0.3, 0.4) is 0 Å². The molecule has 0 atom stereocenters. The summed E-state index contributed by atoms with van der Waals surface area (Å²) in [7, 11) is 1.26. The number of hydrogen-bond acceptors (Lipinski definition) is 7. The van der Waals surface area contributed by atoms with Crippen LogP contribution in [-0.4, -0.2) is 34.0 Å². The van der Waals surface area contributed by atoms with Crippen LogP contribution >= 0.6 is 11.3 Å². The minimum atomic E-state index is -1.10. The molecule has 0 aliphatic rings. The van der Waals surface area contributed by atoms with E-state index in [2.05, 4.69) is 0 Å². The summed E-state index contributed by atoms with van der Waals surface area (Å²) >= 11 is 0.989. The summed E-state index contributed by atoms with van der Waals surface area (Å²) in [5, 5.41) is 29.7. The standard InChI is InChI=1S/C13H11NO7S/c1-21-8-5-9-6(12(13(8)18)14(19)20)4-10(22-9)7(15)2-3-11(16)17/h4-5,18H,2-3H2,1H3,(H,16,17). The highest BCUT2D eigenvalue weighted by Crippen LogP contribution is 2.45. The highest BCUT2D eigenvalue weighted by molar-refractivity contribution is 7.21. The summed E-state index contributed by atoms with van der Waals surface area (Å²) in [5.41, 5.74) is -0.539. The third kappa shape index (κ3) is 2.84. The first kappa shape index (κ1) is 15.7. The Hall–Kier alpha value is -2.68. The first-order valence-corrected chi connectivity index (χ1v) is 6.89. The van der Waals surface area contributed by atoms with E-state index in [9.17, 15) is 24.8 Å². The van der Waals surface area contributed by atoms with Gasteiger partial charge in [0.25, 0.3) is 0 Å². The van der Waals surface area contributed by atoms with Crippen LogP contribution in [0, 0.1) is 10.1 Å². The van der Waals surface area contributed by atoms with Crippen LogP contribution in [0.2, 0.25) is 0 Å². The molecule has 0 amide bonds. The molecule has 1 heterocycles. The average molecular weight is 325 g/mol. The number of nitro benzene ring substituents is 1. The van der Waals surface area contributed by atoms with Gasteiger partial charge >= 0.3 is 11.7 Å². The summed E-state index contributed by atoms with van der Waals surface area (Å²) < 4.78 is 5.28. The number of fused-ring (bicyclic) bond motifs is 1. The second kappa shape index (κ2) is 5.98. The van der Waals surface area contributed by atoms with Gasteiger partial charge in [-0.25, -0.2) is 0 Å². The van der Waals surface area contributed by atoms with E-state index in [1.807, 2.05) is 0 Å². The summed E-state index contributed by atoms with van der Waals surface area (Å²) in [5.74, 6) is -2.19. The topological polar surface area (TPSA) is 127 Å². The fourth-order valence-corrected chi connectivity index (χ4v) is 3.01. The third-order valence-electron chi connectivity index (χ3n) is 2.98. The van der Waals surface area contributed by atoms with Crippen LogP contribution in [0.5, 0.6) is 11.5 Å². The van der Waals surface area contributed by atoms with Crippen molar-refractivity contribution in [1.29, 1.82) is 0 Å². The molecule has 1 aromatic heterocycles. The summed E-state index contributed by atoms with van der Waals surface area (Å²) in [6.07, 6.45) is -0.511. The van der Waals surface area contributed by atoms with E-state index < -0.39 is 28.1 Å². The monoisotopic (exact) mass is 325 g/mol. The average Bonchev–Trinajstić information content (AvgIpc) is 2.86. The van der Waals surface area contributed by atoms with Crippen molar-refractivity contribution in [3.63, 3.8) is 0 Å². The molecular formula is C13H11NO7S. The van der Waals surface area contributed by atoms with Gasteiger partial charge in [-0.1, -0.05) is 0 Å². The van der Waals surface area contributed by atoms with Crippen LogP contribution in [0.1, 0.15) is 22.5 Å². The maximum absolute atomic E-state index is 11.9. The molecule has 1 aromatic carbocycles. The third-order valence-corrected chi connectivity index (χ3v) is 4.10. The Labute approximate surface area is 127 Å². The van der Waals surface area contributed by atoms with E-state index in [-0.39, 0.29) is 28.9 Å². The number of ketones is 1. The second-order valence-electron chi connectivity index (χ2n) is 4.37. The van der Waals surface area contributed by atoms with E-state index in [4.69, 9.17) is 9.84 Å². The maximum Gasteiger partial charge on any atom is 0.323 e. The number of aromatic hydroxyl groups is 1. The summed E-state index contributed by atoms with van der Waals surface area (Å²) in [6.45, 7) is 0. The van der Waals surface area contributed by atoms with E-state index >= 15 is 0 Å². The van der Waals surface area contributed by atoms with Crippen molar-refractivity contribution < 1.29 is 29.5 Å². The van der Waals surface area contributed by atoms with Crippen LogP contribution in [-0.2, 0) is 4.79 Å². The molecule has 22 heavy (non-hydrogen) atoms. The lowest BCUT2D eigenvalue weighted by Gasteiger charge is -2.04. The molecule has 0 aliphatic carbocycles. The zero-order chi connectivity index (χ0) is 16.4. The zero-order valence-electron chi connectivity index (χ0n) is 11.4. The number of thiophene rings is 1. The Morgan fingerprint density at radius 3 is 2.59 bits per heavy atom. The van der Waals surface area contributed by atoms with Crippen LogP contribution in [0.15, 0.2) is 12.1 Å². The molecule has 0 radical (unpaired) electrons. The number of nitrogens with zero attached hydrogens (tertiary/aromatic N) is 1. The number of phenolic OH excluding ortho intramolecular Hbond substituents is 1. The van der Waals surface area contributed by atoms with Crippen LogP contribution in [0.4, 0.5) is 5.69 Å². The van der Waals surface area contributed by atoms with Crippen LogP contribution < -0.4 is 4.74 Å². The fraction of sp³-hybridized carbons (Fsp3) is 0.231. The number of rotatable bonds is 6. The Morgan fingerprint density at radius 1 is 1.36 bits per heavy atom. The number of phenols is 1. The number of Topliss-reactive ketones (excluding diaryl/α,β-unsaturated/α-hetero) is 1. The minimum absolute atomic E-state index is 0.0643. The van der Waals surface area contributed by atoms with Crippen molar-refractivity contribution >= 4 is 38.9 Å². The molecule has 2 rings (SSSR count). The Balaban J connectivity index is 2.54. The summed E-state index contributed by atoms with van der Waals surface area (Å²) in [4.78, 5) is 33.0. The summed E-state index contributed by atoms with van der Waals surface area (Å²) in [6, 6.07) is 2.69. The number of nitro groups is 1. The van der Waals surface area contributed by atoms with Gasteiger partial charge in [-0.05, 0) is 6.07 Å². The SMILES string of the molecule is COc1cc2sc(C(=O)CCC(=O)O)cc2c([N+](=O)[O-])c1O. The molecule has 0 fully saturated rings. The number of aliphatic carboxylic acids is 1. The highest BCUT2D eigenvalue weighted by atomic mass is 32.1. The lowest BCUT2D eigenvalue weighted by atomic mass is 10.1. The van der Waals surface area contributed by atoms with Crippen molar-refractivity contribution in [1.82, 2.24) is 0 Å². The number of methoxy groups -OCH3 is 1. The fourth-order valence-electron chi connectivity index (χ4n) is 1.95. The first-order chi connectivity index (χ1) is 10.3. The highest BCUT2D eigenvalue weighted by Gasteiger charge is 2.26. The molecule has 0 unspecified atom stereocenters. The normalized spacial score (nSPS) is 10.6.